The molecule has 1 fully saturated rings. The van der Waals surface area contributed by atoms with Crippen molar-refractivity contribution in [2.24, 2.45) is 0 Å². The molecule has 3 nitrogen and oxygen atoms in total. The van der Waals surface area contributed by atoms with E-state index in [-0.39, 0.29) is 6.04 Å². The fraction of sp³-hybridized carbons (Fsp3) is 0.600. The molecule has 1 aliphatic carbocycles. The normalized spacial score (nSPS) is 32.5. The van der Waals surface area contributed by atoms with Crippen molar-refractivity contribution in [1.29, 1.82) is 0 Å². The molecule has 0 saturated carbocycles. The second-order valence-corrected chi connectivity index (χ2v) is 6.10. The van der Waals surface area contributed by atoms with Crippen molar-refractivity contribution in [3.05, 3.63) is 29.3 Å². The summed E-state index contributed by atoms with van der Waals surface area (Å²) in [5.74, 6) is 0. The van der Waals surface area contributed by atoms with Gasteiger partial charge >= 0.3 is 0 Å². The Kier molecular flexibility index (Phi) is 3.02. The lowest BCUT2D eigenvalue weighted by atomic mass is 10.00. The van der Waals surface area contributed by atoms with Crippen LogP contribution in [-0.4, -0.2) is 43.0 Å². The van der Waals surface area contributed by atoms with Crippen molar-refractivity contribution in [3.8, 4) is 0 Å². The molecule has 0 radical (unpaired) electrons. The quantitative estimate of drug-likeness (QED) is 0.788. The number of alkyl halides is 1. The Hall–Kier alpha value is -1.13. The highest BCUT2D eigenvalue weighted by atomic mass is 19.1. The fourth-order valence-corrected chi connectivity index (χ4v) is 3.36. The van der Waals surface area contributed by atoms with Crippen LogP contribution in [0.1, 0.15) is 30.5 Å². The second kappa shape index (κ2) is 4.46. The average Bonchev–Trinajstić information content (AvgIpc) is 2.62. The molecule has 0 aromatic heterocycles. The molecule has 2 atom stereocenters. The molecular weight excluding hydrogens is 241 g/mol. The Morgan fingerprint density at radius 1 is 1.26 bits per heavy atom. The van der Waals surface area contributed by atoms with E-state index in [0.717, 1.165) is 37.3 Å². The molecule has 1 aromatic carbocycles. The van der Waals surface area contributed by atoms with Crippen LogP contribution in [0.2, 0.25) is 0 Å². The zero-order valence-electron chi connectivity index (χ0n) is 11.7. The SMILES string of the molecule is CN1CCN(C2CC(C)(F)c3cc(N)ccc32)CC1. The number of rotatable bonds is 1. The standard InChI is InChI=1S/C15H22FN3/c1-15(16)10-14(19-7-5-18(2)6-8-19)12-4-3-11(17)9-13(12)15/h3-4,9,14H,5-8,10,17H2,1-2H3. The molecule has 1 saturated heterocycles. The largest absolute Gasteiger partial charge is 0.399 e. The van der Waals surface area contributed by atoms with Crippen LogP contribution in [0, 0.1) is 0 Å². The lowest BCUT2D eigenvalue weighted by Gasteiger charge is -2.37. The van der Waals surface area contributed by atoms with Gasteiger partial charge in [-0.1, -0.05) is 6.07 Å². The smallest absolute Gasteiger partial charge is 0.135 e. The number of hydrogen-bond donors (Lipinski definition) is 1. The first kappa shape index (κ1) is 12.9. The monoisotopic (exact) mass is 263 g/mol. The van der Waals surface area contributed by atoms with Gasteiger partial charge in [0, 0.05) is 44.3 Å². The number of nitrogen functional groups attached to an aromatic ring is 1. The zero-order valence-corrected chi connectivity index (χ0v) is 11.7. The van der Waals surface area contributed by atoms with Crippen LogP contribution in [0.5, 0.6) is 0 Å². The summed E-state index contributed by atoms with van der Waals surface area (Å²) in [4.78, 5) is 4.74. The average molecular weight is 263 g/mol. The number of hydrogen-bond acceptors (Lipinski definition) is 3. The molecule has 0 spiro atoms. The van der Waals surface area contributed by atoms with Gasteiger partial charge in [0.25, 0.3) is 0 Å². The number of likely N-dealkylation sites (N-methyl/N-ethyl adjacent to an activating group) is 1. The van der Waals surface area contributed by atoms with Gasteiger partial charge in [-0.3, -0.25) is 4.90 Å². The first-order valence-electron chi connectivity index (χ1n) is 6.99. The molecule has 104 valence electrons. The highest BCUT2D eigenvalue weighted by Crippen LogP contribution is 2.49. The Balaban J connectivity index is 1.90. The lowest BCUT2D eigenvalue weighted by molar-refractivity contribution is 0.0811. The van der Waals surface area contributed by atoms with Crippen LogP contribution in [-0.2, 0) is 5.67 Å². The molecule has 1 heterocycles. The van der Waals surface area contributed by atoms with Gasteiger partial charge in [0.1, 0.15) is 5.67 Å². The fourth-order valence-electron chi connectivity index (χ4n) is 3.36. The van der Waals surface area contributed by atoms with Crippen LogP contribution < -0.4 is 5.73 Å². The van der Waals surface area contributed by atoms with Gasteiger partial charge in [0.2, 0.25) is 0 Å². The molecule has 4 heteroatoms. The van der Waals surface area contributed by atoms with Crippen molar-refractivity contribution in [1.82, 2.24) is 9.80 Å². The van der Waals surface area contributed by atoms with E-state index in [4.69, 9.17) is 5.73 Å². The molecule has 19 heavy (non-hydrogen) atoms. The van der Waals surface area contributed by atoms with E-state index in [1.165, 1.54) is 0 Å². The van der Waals surface area contributed by atoms with Crippen molar-refractivity contribution < 1.29 is 4.39 Å². The molecule has 2 unspecified atom stereocenters. The molecule has 2 N–H and O–H groups in total. The van der Waals surface area contributed by atoms with E-state index < -0.39 is 5.67 Å². The summed E-state index contributed by atoms with van der Waals surface area (Å²) in [6.07, 6.45) is 0.551. The highest BCUT2D eigenvalue weighted by molar-refractivity contribution is 5.50. The van der Waals surface area contributed by atoms with Crippen LogP contribution >= 0.6 is 0 Å². The van der Waals surface area contributed by atoms with Crippen LogP contribution in [0.4, 0.5) is 10.1 Å². The number of nitrogens with zero attached hydrogens (tertiary/aromatic N) is 2. The predicted molar refractivity (Wildman–Crippen MR) is 75.7 cm³/mol. The summed E-state index contributed by atoms with van der Waals surface area (Å²) in [6.45, 7) is 5.83. The minimum absolute atomic E-state index is 0.208. The third-order valence-electron chi connectivity index (χ3n) is 4.55. The number of anilines is 1. The Morgan fingerprint density at radius 3 is 2.63 bits per heavy atom. The summed E-state index contributed by atoms with van der Waals surface area (Å²) in [5.41, 5.74) is 7.13. The maximum atomic E-state index is 14.8. The predicted octanol–water partition coefficient (Wildman–Crippen LogP) is 2.15. The van der Waals surface area contributed by atoms with E-state index in [0.29, 0.717) is 12.1 Å². The van der Waals surface area contributed by atoms with E-state index in [1.54, 1.807) is 6.92 Å². The van der Waals surface area contributed by atoms with E-state index >= 15 is 0 Å². The van der Waals surface area contributed by atoms with E-state index in [9.17, 15) is 4.39 Å². The van der Waals surface area contributed by atoms with Gasteiger partial charge < -0.3 is 10.6 Å². The van der Waals surface area contributed by atoms with E-state index in [1.807, 2.05) is 18.2 Å². The van der Waals surface area contributed by atoms with Crippen molar-refractivity contribution in [2.45, 2.75) is 25.1 Å². The Bertz CT molecular complexity index is 478. The van der Waals surface area contributed by atoms with Crippen LogP contribution in [0.3, 0.4) is 0 Å². The van der Waals surface area contributed by atoms with Gasteiger partial charge in [0.05, 0.1) is 0 Å². The Labute approximate surface area is 114 Å². The third-order valence-corrected chi connectivity index (χ3v) is 4.55. The first-order chi connectivity index (χ1) is 8.97. The molecule has 1 aliphatic heterocycles. The van der Waals surface area contributed by atoms with Gasteiger partial charge in [0.15, 0.2) is 0 Å². The minimum atomic E-state index is -1.25. The third kappa shape index (κ3) is 2.23. The molecule has 0 bridgehead atoms. The summed E-state index contributed by atoms with van der Waals surface area (Å²) < 4.78 is 14.8. The number of nitrogens with two attached hydrogens (primary N) is 1. The van der Waals surface area contributed by atoms with Crippen LogP contribution in [0.25, 0.3) is 0 Å². The molecule has 3 rings (SSSR count). The zero-order chi connectivity index (χ0) is 13.6. The maximum Gasteiger partial charge on any atom is 0.135 e. The number of piperazine rings is 1. The first-order valence-corrected chi connectivity index (χ1v) is 6.99. The lowest BCUT2D eigenvalue weighted by Crippen LogP contribution is -2.45. The summed E-state index contributed by atoms with van der Waals surface area (Å²) in [6, 6.07) is 5.92. The van der Waals surface area contributed by atoms with E-state index in [2.05, 4.69) is 16.8 Å². The summed E-state index contributed by atoms with van der Waals surface area (Å²) in [5, 5.41) is 0. The number of benzene rings is 1. The molecule has 2 aliphatic rings. The van der Waals surface area contributed by atoms with Crippen molar-refractivity contribution >= 4 is 5.69 Å². The van der Waals surface area contributed by atoms with Gasteiger partial charge in [-0.05, 0) is 37.2 Å². The van der Waals surface area contributed by atoms with Crippen LogP contribution in [0.15, 0.2) is 18.2 Å². The number of fused-ring (bicyclic) bond motifs is 1. The topological polar surface area (TPSA) is 32.5 Å². The summed E-state index contributed by atoms with van der Waals surface area (Å²) >= 11 is 0. The maximum absolute atomic E-state index is 14.8. The molecular formula is C15H22FN3. The second-order valence-electron chi connectivity index (χ2n) is 6.10. The van der Waals surface area contributed by atoms with Gasteiger partial charge in [-0.25, -0.2) is 4.39 Å². The number of halogens is 1. The highest BCUT2D eigenvalue weighted by Gasteiger charge is 2.43. The molecule has 0 amide bonds. The van der Waals surface area contributed by atoms with Gasteiger partial charge in [-0.15, -0.1) is 0 Å². The Morgan fingerprint density at radius 2 is 1.95 bits per heavy atom. The minimum Gasteiger partial charge on any atom is -0.399 e. The van der Waals surface area contributed by atoms with Crippen molar-refractivity contribution in [2.75, 3.05) is 39.0 Å². The summed E-state index contributed by atoms with van der Waals surface area (Å²) in [7, 11) is 2.14. The van der Waals surface area contributed by atoms with Gasteiger partial charge in [-0.2, -0.15) is 0 Å². The van der Waals surface area contributed by atoms with Crippen molar-refractivity contribution in [3.63, 3.8) is 0 Å². The molecule has 1 aromatic rings.